The zero-order valence-corrected chi connectivity index (χ0v) is 11.7. The molecule has 1 rings (SSSR count). The summed E-state index contributed by atoms with van der Waals surface area (Å²) in [5.74, 6) is -7.48. The first-order valence-electron chi connectivity index (χ1n) is 5.83. The molecule has 0 aliphatic carbocycles. The average Bonchev–Trinajstić information content (AvgIpc) is 3.00. The third-order valence-corrected chi connectivity index (χ3v) is 3.07. The van der Waals surface area contributed by atoms with Crippen LogP contribution in [0.1, 0.15) is 11.7 Å². The van der Waals surface area contributed by atoms with E-state index in [1.807, 2.05) is 0 Å². The van der Waals surface area contributed by atoms with Gasteiger partial charge in [0, 0.05) is 14.2 Å². The van der Waals surface area contributed by atoms with E-state index in [0.717, 1.165) is 21.3 Å². The van der Waals surface area contributed by atoms with Gasteiger partial charge in [0.25, 0.3) is 5.79 Å². The number of furan rings is 1. The molecular weight excluding hydrogens is 282 g/mol. The van der Waals surface area contributed by atoms with Crippen molar-refractivity contribution in [3.63, 3.8) is 0 Å². The van der Waals surface area contributed by atoms with Gasteiger partial charge >= 0.3 is 11.9 Å². The van der Waals surface area contributed by atoms with E-state index in [1.54, 1.807) is 6.07 Å². The van der Waals surface area contributed by atoms with Crippen molar-refractivity contribution in [1.29, 1.82) is 5.26 Å². The van der Waals surface area contributed by atoms with Crippen LogP contribution in [0.25, 0.3) is 0 Å². The topological polar surface area (TPSA) is 119 Å². The number of ether oxygens (including phenoxy) is 3. The van der Waals surface area contributed by atoms with E-state index in [9.17, 15) is 14.7 Å². The fraction of sp³-hybridized carbons (Fsp3) is 0.462. The van der Waals surface area contributed by atoms with Crippen molar-refractivity contribution in [3.8, 4) is 6.07 Å². The number of carbonyl (C=O) groups is 2. The summed E-state index contributed by atoms with van der Waals surface area (Å²) in [5.41, 5.74) is 0. The minimum absolute atomic E-state index is 0.0538. The predicted octanol–water partition coefficient (Wildman–Crippen LogP) is 0.750. The highest BCUT2D eigenvalue weighted by Gasteiger charge is 2.56. The van der Waals surface area contributed by atoms with E-state index in [-0.39, 0.29) is 5.76 Å². The van der Waals surface area contributed by atoms with Gasteiger partial charge in [-0.25, -0.2) is 4.79 Å². The SMILES string of the molecule is COC(=O)C(OC)(OC)[C@@H](c1ccco1)[C@H](C#N)C(=O)O. The molecule has 0 amide bonds. The minimum atomic E-state index is -2.12. The Kier molecular flexibility index (Phi) is 5.46. The average molecular weight is 297 g/mol. The zero-order chi connectivity index (χ0) is 16.0. The van der Waals surface area contributed by atoms with Crippen molar-refractivity contribution in [2.75, 3.05) is 21.3 Å². The van der Waals surface area contributed by atoms with E-state index in [1.165, 1.54) is 18.4 Å². The van der Waals surface area contributed by atoms with E-state index in [4.69, 9.17) is 19.2 Å². The number of carbonyl (C=O) groups excluding carboxylic acids is 1. The molecule has 0 saturated carbocycles. The molecule has 1 aromatic heterocycles. The van der Waals surface area contributed by atoms with Gasteiger partial charge in [0.2, 0.25) is 0 Å². The lowest BCUT2D eigenvalue weighted by Gasteiger charge is -2.35. The molecule has 1 N–H and O–H groups in total. The number of nitriles is 1. The van der Waals surface area contributed by atoms with E-state index in [0.29, 0.717) is 0 Å². The van der Waals surface area contributed by atoms with Crippen LogP contribution in [0.3, 0.4) is 0 Å². The molecule has 114 valence electrons. The summed E-state index contributed by atoms with van der Waals surface area (Å²) in [4.78, 5) is 23.4. The zero-order valence-electron chi connectivity index (χ0n) is 11.7. The van der Waals surface area contributed by atoms with Crippen LogP contribution in [0.15, 0.2) is 22.8 Å². The van der Waals surface area contributed by atoms with Crippen molar-refractivity contribution in [2.45, 2.75) is 11.7 Å². The maximum absolute atomic E-state index is 12.1. The van der Waals surface area contributed by atoms with E-state index in [2.05, 4.69) is 4.74 Å². The molecule has 0 saturated heterocycles. The van der Waals surface area contributed by atoms with Gasteiger partial charge < -0.3 is 23.7 Å². The number of esters is 1. The van der Waals surface area contributed by atoms with Crippen LogP contribution in [-0.2, 0) is 23.8 Å². The Morgan fingerprint density at radius 3 is 2.33 bits per heavy atom. The van der Waals surface area contributed by atoms with Gasteiger partial charge in [-0.15, -0.1) is 0 Å². The number of carboxylic acid groups (broad SMARTS) is 1. The van der Waals surface area contributed by atoms with Gasteiger partial charge in [-0.2, -0.15) is 5.26 Å². The lowest BCUT2D eigenvalue weighted by Crippen LogP contribution is -2.52. The van der Waals surface area contributed by atoms with Gasteiger partial charge in [0.15, 0.2) is 5.92 Å². The number of methoxy groups -OCH3 is 3. The minimum Gasteiger partial charge on any atom is -0.480 e. The molecule has 21 heavy (non-hydrogen) atoms. The Labute approximate surface area is 120 Å². The molecular formula is C13H15NO7. The lowest BCUT2D eigenvalue weighted by atomic mass is 9.83. The van der Waals surface area contributed by atoms with Crippen molar-refractivity contribution in [3.05, 3.63) is 24.2 Å². The highest BCUT2D eigenvalue weighted by molar-refractivity contribution is 5.82. The Hall–Kier alpha value is -2.37. The van der Waals surface area contributed by atoms with E-state index < -0.39 is 29.6 Å². The highest BCUT2D eigenvalue weighted by Crippen LogP contribution is 2.39. The van der Waals surface area contributed by atoms with Crippen LogP contribution >= 0.6 is 0 Å². The Bertz CT molecular complexity index is 527. The maximum atomic E-state index is 12.1. The second kappa shape index (κ2) is 6.88. The van der Waals surface area contributed by atoms with E-state index >= 15 is 0 Å². The van der Waals surface area contributed by atoms with Crippen LogP contribution in [0.2, 0.25) is 0 Å². The molecule has 1 aromatic rings. The Morgan fingerprint density at radius 1 is 1.38 bits per heavy atom. The summed E-state index contributed by atoms with van der Waals surface area (Å²) in [6.45, 7) is 0. The molecule has 0 radical (unpaired) electrons. The van der Waals surface area contributed by atoms with Crippen LogP contribution in [-0.4, -0.2) is 44.2 Å². The molecule has 2 atom stereocenters. The van der Waals surface area contributed by atoms with Gasteiger partial charge in [-0.05, 0) is 12.1 Å². The maximum Gasteiger partial charge on any atom is 0.367 e. The molecule has 0 unspecified atom stereocenters. The summed E-state index contributed by atoms with van der Waals surface area (Å²) in [5, 5.41) is 18.4. The van der Waals surface area contributed by atoms with Crippen LogP contribution < -0.4 is 0 Å². The fourth-order valence-corrected chi connectivity index (χ4v) is 2.08. The summed E-state index contributed by atoms with van der Waals surface area (Å²) in [7, 11) is 3.38. The number of nitrogens with zero attached hydrogens (tertiary/aromatic N) is 1. The summed E-state index contributed by atoms with van der Waals surface area (Å²) in [6, 6.07) is 4.53. The molecule has 0 fully saturated rings. The largest absolute Gasteiger partial charge is 0.480 e. The molecule has 1 heterocycles. The number of hydrogen-bond donors (Lipinski definition) is 1. The van der Waals surface area contributed by atoms with Crippen LogP contribution in [0, 0.1) is 17.2 Å². The number of rotatable bonds is 7. The van der Waals surface area contributed by atoms with Crippen LogP contribution in [0.4, 0.5) is 0 Å². The quantitative estimate of drug-likeness (QED) is 0.578. The van der Waals surface area contributed by atoms with Gasteiger partial charge in [0.1, 0.15) is 11.7 Å². The fourth-order valence-electron chi connectivity index (χ4n) is 2.08. The molecule has 0 spiro atoms. The van der Waals surface area contributed by atoms with Gasteiger partial charge in [-0.1, -0.05) is 0 Å². The van der Waals surface area contributed by atoms with Crippen molar-refractivity contribution < 1.29 is 33.3 Å². The first-order valence-corrected chi connectivity index (χ1v) is 5.83. The lowest BCUT2D eigenvalue weighted by molar-refractivity contribution is -0.242. The third-order valence-electron chi connectivity index (χ3n) is 3.07. The standard InChI is InChI=1S/C13H15NO7/c1-18-12(17)13(19-2,20-3)10(8(7-14)11(15)16)9-5-4-6-21-9/h4-6,8,10H,1-3H3,(H,15,16)/t8-,10+/m0/s1. The molecule has 0 aliphatic rings. The predicted molar refractivity (Wildman–Crippen MR) is 67.0 cm³/mol. The molecule has 8 heteroatoms. The Balaban J connectivity index is 3.51. The number of aliphatic carboxylic acids is 1. The second-order valence-electron chi connectivity index (χ2n) is 4.01. The first-order chi connectivity index (χ1) is 9.98. The van der Waals surface area contributed by atoms with Crippen molar-refractivity contribution in [1.82, 2.24) is 0 Å². The summed E-state index contributed by atoms with van der Waals surface area (Å²) < 4.78 is 19.9. The van der Waals surface area contributed by atoms with Gasteiger partial charge in [-0.3, -0.25) is 4.79 Å². The van der Waals surface area contributed by atoms with Gasteiger partial charge in [0.05, 0.1) is 19.4 Å². The highest BCUT2D eigenvalue weighted by atomic mass is 16.7. The second-order valence-corrected chi connectivity index (χ2v) is 4.01. The molecule has 8 nitrogen and oxygen atoms in total. The van der Waals surface area contributed by atoms with Crippen molar-refractivity contribution in [2.24, 2.45) is 5.92 Å². The number of hydrogen-bond acceptors (Lipinski definition) is 7. The number of carboxylic acids is 1. The smallest absolute Gasteiger partial charge is 0.367 e. The molecule has 0 aliphatic heterocycles. The Morgan fingerprint density at radius 2 is 2.00 bits per heavy atom. The summed E-state index contributed by atoms with van der Waals surface area (Å²) in [6.07, 6.45) is 1.28. The van der Waals surface area contributed by atoms with Crippen molar-refractivity contribution >= 4 is 11.9 Å². The van der Waals surface area contributed by atoms with Crippen LogP contribution in [0.5, 0.6) is 0 Å². The molecule has 0 aromatic carbocycles. The summed E-state index contributed by atoms with van der Waals surface area (Å²) >= 11 is 0. The monoisotopic (exact) mass is 297 g/mol. The first kappa shape index (κ1) is 16.7. The third kappa shape index (κ3) is 2.89. The molecule has 0 bridgehead atoms. The normalized spacial score (nSPS) is 14.0.